The molecule has 0 aliphatic rings. The van der Waals surface area contributed by atoms with Gasteiger partial charge >= 0.3 is 0 Å². The van der Waals surface area contributed by atoms with E-state index >= 15 is 0 Å². The largest absolute Gasteiger partial charge is 0.323 e. The molecule has 0 saturated heterocycles. The molecule has 0 fully saturated rings. The van der Waals surface area contributed by atoms with Crippen LogP contribution in [-0.4, -0.2) is 35.6 Å². The first-order valence-electron chi connectivity index (χ1n) is 6.15. The van der Waals surface area contributed by atoms with Crippen LogP contribution in [0.25, 0.3) is 0 Å². The summed E-state index contributed by atoms with van der Waals surface area (Å²) in [5, 5.41) is 6.53. The predicted molar refractivity (Wildman–Crippen MR) is 75.9 cm³/mol. The van der Waals surface area contributed by atoms with E-state index in [0.29, 0.717) is 5.69 Å². The number of hydrogen-bond acceptors (Lipinski definition) is 5. The van der Waals surface area contributed by atoms with Gasteiger partial charge in [0.2, 0.25) is 15.9 Å². The van der Waals surface area contributed by atoms with E-state index in [-0.39, 0.29) is 23.8 Å². The quantitative estimate of drug-likeness (QED) is 0.788. The minimum absolute atomic E-state index is 0.00330. The lowest BCUT2D eigenvalue weighted by molar-refractivity contribution is -0.116. The van der Waals surface area contributed by atoms with Crippen molar-refractivity contribution >= 4 is 21.6 Å². The van der Waals surface area contributed by atoms with Crippen molar-refractivity contribution in [2.75, 3.05) is 11.9 Å². The number of hydrogen-bond donors (Lipinski definition) is 2. The molecule has 8 nitrogen and oxygen atoms in total. The number of amides is 1. The Morgan fingerprint density at radius 3 is 2.81 bits per heavy atom. The van der Waals surface area contributed by atoms with Crippen molar-refractivity contribution in [2.45, 2.75) is 11.3 Å². The Kier molecular flexibility index (Phi) is 4.66. The fraction of sp³-hybridized carbons (Fsp3) is 0.250. The summed E-state index contributed by atoms with van der Waals surface area (Å²) in [4.78, 5) is 15.5. The number of anilines is 1. The molecule has 0 aromatic carbocycles. The molecule has 0 spiro atoms. The highest BCUT2D eigenvalue weighted by Gasteiger charge is 2.14. The highest BCUT2D eigenvalue weighted by atomic mass is 32.2. The van der Waals surface area contributed by atoms with E-state index in [1.807, 2.05) is 0 Å². The SMILES string of the molecule is Cn1cc(NC(=O)CCNS(=O)(=O)c2cccnc2)cn1. The molecule has 0 saturated carbocycles. The van der Waals surface area contributed by atoms with Crippen molar-refractivity contribution in [3.05, 3.63) is 36.9 Å². The molecule has 2 rings (SSSR count). The van der Waals surface area contributed by atoms with Gasteiger partial charge in [-0.25, -0.2) is 13.1 Å². The first-order chi connectivity index (χ1) is 9.97. The second kappa shape index (κ2) is 6.46. The average Bonchev–Trinajstić information content (AvgIpc) is 2.85. The number of nitrogens with zero attached hydrogens (tertiary/aromatic N) is 3. The molecule has 1 amide bonds. The standard InChI is InChI=1S/C12H15N5O3S/c1-17-9-10(7-14-17)16-12(18)4-6-15-21(19,20)11-3-2-5-13-8-11/h2-3,5,7-9,15H,4,6H2,1H3,(H,16,18). The summed E-state index contributed by atoms with van der Waals surface area (Å²) in [6.07, 6.45) is 5.92. The fourth-order valence-electron chi connectivity index (χ4n) is 1.60. The Bertz CT molecular complexity index is 712. The summed E-state index contributed by atoms with van der Waals surface area (Å²) < 4.78 is 27.7. The van der Waals surface area contributed by atoms with Crippen LogP contribution in [-0.2, 0) is 21.9 Å². The number of pyridine rings is 1. The van der Waals surface area contributed by atoms with Gasteiger partial charge in [-0.2, -0.15) is 5.10 Å². The zero-order valence-corrected chi connectivity index (χ0v) is 12.2. The monoisotopic (exact) mass is 309 g/mol. The lowest BCUT2D eigenvalue weighted by atomic mass is 10.4. The van der Waals surface area contributed by atoms with Gasteiger partial charge in [-0.1, -0.05) is 0 Å². The van der Waals surface area contributed by atoms with Gasteiger partial charge in [0.05, 0.1) is 11.9 Å². The van der Waals surface area contributed by atoms with Crippen molar-refractivity contribution in [1.82, 2.24) is 19.5 Å². The van der Waals surface area contributed by atoms with Gasteiger partial charge in [-0.05, 0) is 12.1 Å². The molecule has 0 atom stereocenters. The van der Waals surface area contributed by atoms with Crippen molar-refractivity contribution in [1.29, 1.82) is 0 Å². The Balaban J connectivity index is 1.82. The van der Waals surface area contributed by atoms with Gasteiger partial charge in [0.1, 0.15) is 4.90 Å². The van der Waals surface area contributed by atoms with Crippen molar-refractivity contribution in [2.24, 2.45) is 7.05 Å². The van der Waals surface area contributed by atoms with Crippen LogP contribution in [0.4, 0.5) is 5.69 Å². The molecule has 0 aliphatic heterocycles. The van der Waals surface area contributed by atoms with Crippen LogP contribution in [0.3, 0.4) is 0 Å². The molecular weight excluding hydrogens is 294 g/mol. The summed E-state index contributed by atoms with van der Waals surface area (Å²) >= 11 is 0. The van der Waals surface area contributed by atoms with Crippen LogP contribution in [0.1, 0.15) is 6.42 Å². The van der Waals surface area contributed by atoms with Gasteiger partial charge < -0.3 is 5.32 Å². The highest BCUT2D eigenvalue weighted by Crippen LogP contribution is 2.06. The van der Waals surface area contributed by atoms with Gasteiger partial charge in [-0.15, -0.1) is 0 Å². The number of carbonyl (C=O) groups is 1. The van der Waals surface area contributed by atoms with Gasteiger partial charge in [0, 0.05) is 38.6 Å². The molecule has 2 aromatic rings. The van der Waals surface area contributed by atoms with Crippen LogP contribution in [0.5, 0.6) is 0 Å². The van der Waals surface area contributed by atoms with E-state index in [1.54, 1.807) is 17.9 Å². The molecule has 2 aromatic heterocycles. The third-order valence-corrected chi connectivity index (χ3v) is 4.02. The van der Waals surface area contributed by atoms with Crippen LogP contribution in [0.2, 0.25) is 0 Å². The van der Waals surface area contributed by atoms with E-state index in [1.165, 1.54) is 30.7 Å². The van der Waals surface area contributed by atoms with Crippen molar-refractivity contribution < 1.29 is 13.2 Å². The maximum atomic E-state index is 11.9. The summed E-state index contributed by atoms with van der Waals surface area (Å²) in [5.74, 6) is -0.295. The lowest BCUT2D eigenvalue weighted by Crippen LogP contribution is -2.27. The van der Waals surface area contributed by atoms with Gasteiger partial charge in [0.25, 0.3) is 0 Å². The normalized spacial score (nSPS) is 11.3. The molecule has 2 heterocycles. The minimum Gasteiger partial charge on any atom is -0.323 e. The van der Waals surface area contributed by atoms with Crippen LogP contribution >= 0.6 is 0 Å². The van der Waals surface area contributed by atoms with E-state index in [2.05, 4.69) is 20.1 Å². The molecule has 0 bridgehead atoms. The smallest absolute Gasteiger partial charge is 0.242 e. The third kappa shape index (κ3) is 4.36. The maximum Gasteiger partial charge on any atom is 0.242 e. The van der Waals surface area contributed by atoms with E-state index in [0.717, 1.165) is 0 Å². The summed E-state index contributed by atoms with van der Waals surface area (Å²) in [7, 11) is -1.90. The average molecular weight is 309 g/mol. The number of aryl methyl sites for hydroxylation is 1. The topological polar surface area (TPSA) is 106 Å². The number of rotatable bonds is 6. The van der Waals surface area contributed by atoms with E-state index < -0.39 is 10.0 Å². The van der Waals surface area contributed by atoms with Crippen LogP contribution in [0, 0.1) is 0 Å². The fourth-order valence-corrected chi connectivity index (χ4v) is 2.59. The number of aromatic nitrogens is 3. The summed E-state index contributed by atoms with van der Waals surface area (Å²) in [6.45, 7) is 0.00330. The second-order valence-corrected chi connectivity index (χ2v) is 6.05. The Labute approximate surface area is 122 Å². The second-order valence-electron chi connectivity index (χ2n) is 4.29. The van der Waals surface area contributed by atoms with E-state index in [9.17, 15) is 13.2 Å². The zero-order chi connectivity index (χ0) is 15.3. The Hall–Kier alpha value is -2.26. The first-order valence-corrected chi connectivity index (χ1v) is 7.64. The minimum atomic E-state index is -3.63. The molecule has 2 N–H and O–H groups in total. The molecule has 0 unspecified atom stereocenters. The molecule has 0 aliphatic carbocycles. The lowest BCUT2D eigenvalue weighted by Gasteiger charge is -2.06. The third-order valence-electron chi connectivity index (χ3n) is 2.58. The zero-order valence-electron chi connectivity index (χ0n) is 11.4. The molecule has 112 valence electrons. The molecular formula is C12H15N5O3S. The first kappa shape index (κ1) is 15.1. The van der Waals surface area contributed by atoms with Crippen molar-refractivity contribution in [3.8, 4) is 0 Å². The van der Waals surface area contributed by atoms with Crippen LogP contribution < -0.4 is 10.0 Å². The number of sulfonamides is 1. The molecule has 9 heteroatoms. The summed E-state index contributed by atoms with van der Waals surface area (Å²) in [6, 6.07) is 2.97. The van der Waals surface area contributed by atoms with Crippen LogP contribution in [0.15, 0.2) is 41.8 Å². The van der Waals surface area contributed by atoms with Gasteiger partial charge in [0.15, 0.2) is 0 Å². The predicted octanol–water partition coefficient (Wildman–Crippen LogP) is 0.122. The number of carbonyl (C=O) groups excluding carboxylic acids is 1. The Morgan fingerprint density at radius 1 is 1.38 bits per heavy atom. The molecule has 0 radical (unpaired) electrons. The van der Waals surface area contributed by atoms with Gasteiger partial charge in [-0.3, -0.25) is 14.5 Å². The summed E-state index contributed by atoms with van der Waals surface area (Å²) in [5.41, 5.74) is 0.567. The van der Waals surface area contributed by atoms with Crippen molar-refractivity contribution in [3.63, 3.8) is 0 Å². The molecule has 21 heavy (non-hydrogen) atoms. The maximum absolute atomic E-state index is 11.9. The highest BCUT2D eigenvalue weighted by molar-refractivity contribution is 7.89. The van der Waals surface area contributed by atoms with E-state index in [4.69, 9.17) is 0 Å². The Morgan fingerprint density at radius 2 is 2.19 bits per heavy atom. The number of nitrogens with one attached hydrogen (secondary N) is 2.